The number of aliphatic carboxylic acids is 1. The smallest absolute Gasteiger partial charge is 0.308 e. The summed E-state index contributed by atoms with van der Waals surface area (Å²) in [6.45, 7) is 8.23. The molecule has 0 saturated carbocycles. The Bertz CT molecular complexity index is 728. The third-order valence-electron chi connectivity index (χ3n) is 3.28. The molecule has 0 fully saturated rings. The largest absolute Gasteiger partial charge is 0.481 e. The summed E-state index contributed by atoms with van der Waals surface area (Å²) in [5, 5.41) is 16.7. The molecule has 0 heterocycles. The predicted octanol–water partition coefficient (Wildman–Crippen LogP) is 1.39. The van der Waals surface area contributed by atoms with Crippen molar-refractivity contribution in [2.24, 2.45) is 10.9 Å². The second kappa shape index (κ2) is 10.4. The highest BCUT2D eigenvalue weighted by Gasteiger charge is 2.13. The van der Waals surface area contributed by atoms with E-state index in [1.807, 2.05) is 0 Å². The Kier molecular flexibility index (Phi) is 8.29. The quantitative estimate of drug-likeness (QED) is 0.372. The maximum absolute atomic E-state index is 12.1. The summed E-state index contributed by atoms with van der Waals surface area (Å²) < 4.78 is 0. The van der Waals surface area contributed by atoms with Crippen LogP contribution in [0.25, 0.3) is 0 Å². The van der Waals surface area contributed by atoms with Crippen LogP contribution in [0, 0.1) is 5.92 Å². The van der Waals surface area contributed by atoms with E-state index in [0.717, 1.165) is 0 Å². The van der Waals surface area contributed by atoms with Crippen molar-refractivity contribution in [3.63, 3.8) is 0 Å². The van der Waals surface area contributed by atoms with Gasteiger partial charge in [0.1, 0.15) is 5.82 Å². The molecule has 8 heteroatoms. The number of benzene rings is 1. The number of rotatable bonds is 10. The summed E-state index contributed by atoms with van der Waals surface area (Å²) in [6.07, 6.45) is 3.18. The van der Waals surface area contributed by atoms with Crippen LogP contribution in [-0.4, -0.2) is 42.7 Å². The molecule has 0 aromatic heterocycles. The van der Waals surface area contributed by atoms with Gasteiger partial charge in [-0.25, -0.2) is 4.99 Å². The van der Waals surface area contributed by atoms with Gasteiger partial charge in [0.15, 0.2) is 0 Å². The van der Waals surface area contributed by atoms with Gasteiger partial charge in [0.2, 0.25) is 5.91 Å². The molecule has 138 valence electrons. The van der Waals surface area contributed by atoms with E-state index < -0.39 is 23.7 Å². The van der Waals surface area contributed by atoms with Crippen LogP contribution in [0.5, 0.6) is 0 Å². The summed E-state index contributed by atoms with van der Waals surface area (Å²) in [4.78, 5) is 38.3. The Morgan fingerprint density at radius 2 is 2.04 bits per heavy atom. The van der Waals surface area contributed by atoms with E-state index in [-0.39, 0.29) is 13.1 Å². The first-order valence-corrected chi connectivity index (χ1v) is 7.81. The maximum Gasteiger partial charge on any atom is 0.308 e. The van der Waals surface area contributed by atoms with E-state index in [1.165, 1.54) is 6.92 Å². The molecule has 2 amide bonds. The Morgan fingerprint density at radius 1 is 1.31 bits per heavy atom. The predicted molar refractivity (Wildman–Crippen MR) is 100 cm³/mol. The van der Waals surface area contributed by atoms with E-state index in [9.17, 15) is 14.4 Å². The van der Waals surface area contributed by atoms with Crippen molar-refractivity contribution in [1.29, 1.82) is 0 Å². The number of hydrogen-bond acceptors (Lipinski definition) is 5. The topological polar surface area (TPSA) is 120 Å². The van der Waals surface area contributed by atoms with Crippen LogP contribution >= 0.6 is 0 Å². The van der Waals surface area contributed by atoms with Crippen molar-refractivity contribution in [2.75, 3.05) is 18.4 Å². The van der Waals surface area contributed by atoms with Crippen molar-refractivity contribution in [1.82, 2.24) is 10.6 Å². The van der Waals surface area contributed by atoms with Crippen molar-refractivity contribution < 1.29 is 19.5 Å². The summed E-state index contributed by atoms with van der Waals surface area (Å²) in [5.74, 6) is -2.13. The summed E-state index contributed by atoms with van der Waals surface area (Å²) in [5.41, 5.74) is 0.974. The van der Waals surface area contributed by atoms with Crippen LogP contribution < -0.4 is 16.0 Å². The minimum absolute atomic E-state index is 0.00356. The number of carbonyl (C=O) groups is 3. The molecule has 8 nitrogen and oxygen atoms in total. The highest BCUT2D eigenvalue weighted by molar-refractivity contribution is 5.97. The maximum atomic E-state index is 12.1. The van der Waals surface area contributed by atoms with Gasteiger partial charge < -0.3 is 21.1 Å². The Hall–Kier alpha value is -3.42. The molecule has 1 rings (SSSR count). The standard InChI is InChI=1S/C18H22N4O4/c1-4-6-15(19-3)22-14-8-5-7-13(9-14)17(24)21-11-16(23)20-10-12(2)18(25)26/h4-9,12,22H,1,3,10-11H2,2H3,(H,20,23)(H,21,24)(H,25,26)/b15-6+. The molecule has 0 bridgehead atoms. The van der Waals surface area contributed by atoms with Crippen molar-refractivity contribution in [3.05, 3.63) is 54.4 Å². The highest BCUT2D eigenvalue weighted by Crippen LogP contribution is 2.13. The fourth-order valence-corrected chi connectivity index (χ4v) is 1.81. The van der Waals surface area contributed by atoms with Gasteiger partial charge in [0.05, 0.1) is 12.5 Å². The Labute approximate surface area is 151 Å². The minimum atomic E-state index is -1.00. The zero-order valence-corrected chi connectivity index (χ0v) is 14.5. The number of carboxylic acids is 1. The number of hydrogen-bond donors (Lipinski definition) is 4. The van der Waals surface area contributed by atoms with E-state index in [4.69, 9.17) is 5.11 Å². The van der Waals surface area contributed by atoms with Crippen LogP contribution in [0.3, 0.4) is 0 Å². The van der Waals surface area contributed by atoms with Crippen LogP contribution in [-0.2, 0) is 9.59 Å². The van der Waals surface area contributed by atoms with Crippen molar-refractivity contribution in [3.8, 4) is 0 Å². The SMILES string of the molecule is C=C/C=C(\N=C)Nc1cccc(C(=O)NCC(=O)NCC(C)C(=O)O)c1. The number of aliphatic imine (C=N–C) groups is 1. The zero-order chi connectivity index (χ0) is 19.5. The molecule has 1 atom stereocenters. The lowest BCUT2D eigenvalue weighted by Crippen LogP contribution is -2.39. The van der Waals surface area contributed by atoms with Gasteiger partial charge in [-0.3, -0.25) is 14.4 Å². The lowest BCUT2D eigenvalue weighted by Gasteiger charge is -2.10. The van der Waals surface area contributed by atoms with Gasteiger partial charge in [0, 0.05) is 17.8 Å². The van der Waals surface area contributed by atoms with E-state index in [1.54, 1.807) is 36.4 Å². The van der Waals surface area contributed by atoms with E-state index in [2.05, 4.69) is 34.2 Å². The highest BCUT2D eigenvalue weighted by atomic mass is 16.4. The monoisotopic (exact) mass is 358 g/mol. The number of nitrogens with zero attached hydrogens (tertiary/aromatic N) is 1. The molecule has 0 saturated heterocycles. The first kappa shape index (κ1) is 20.6. The van der Waals surface area contributed by atoms with Crippen LogP contribution in [0.4, 0.5) is 5.69 Å². The minimum Gasteiger partial charge on any atom is -0.481 e. The summed E-state index contributed by atoms with van der Waals surface area (Å²) >= 11 is 0. The first-order chi connectivity index (χ1) is 12.4. The van der Waals surface area contributed by atoms with Gasteiger partial charge in [-0.2, -0.15) is 0 Å². The van der Waals surface area contributed by atoms with Crippen LogP contribution in [0.1, 0.15) is 17.3 Å². The van der Waals surface area contributed by atoms with Gasteiger partial charge in [0.25, 0.3) is 5.91 Å². The normalized spacial score (nSPS) is 11.8. The Balaban J connectivity index is 2.60. The number of nitrogens with one attached hydrogen (secondary N) is 3. The van der Waals surface area contributed by atoms with Crippen LogP contribution in [0.15, 0.2) is 53.8 Å². The van der Waals surface area contributed by atoms with E-state index >= 15 is 0 Å². The number of carbonyl (C=O) groups excluding carboxylic acids is 2. The lowest BCUT2D eigenvalue weighted by molar-refractivity contribution is -0.141. The molecule has 0 radical (unpaired) electrons. The van der Waals surface area contributed by atoms with Gasteiger partial charge in [-0.1, -0.05) is 25.6 Å². The molecule has 1 aromatic carbocycles. The van der Waals surface area contributed by atoms with E-state index in [0.29, 0.717) is 17.1 Å². The fourth-order valence-electron chi connectivity index (χ4n) is 1.81. The second-order valence-electron chi connectivity index (χ2n) is 5.38. The van der Waals surface area contributed by atoms with Crippen LogP contribution in [0.2, 0.25) is 0 Å². The second-order valence-corrected chi connectivity index (χ2v) is 5.38. The number of carboxylic acid groups (broad SMARTS) is 1. The number of amides is 2. The molecule has 0 aliphatic carbocycles. The molecule has 0 aliphatic heterocycles. The first-order valence-electron chi connectivity index (χ1n) is 7.81. The molecular weight excluding hydrogens is 336 g/mol. The average molecular weight is 358 g/mol. The summed E-state index contributed by atoms with van der Waals surface area (Å²) in [6, 6.07) is 6.63. The average Bonchev–Trinajstić information content (AvgIpc) is 2.63. The molecule has 0 spiro atoms. The molecule has 4 N–H and O–H groups in total. The molecular formula is C18H22N4O4. The Morgan fingerprint density at radius 3 is 2.65 bits per heavy atom. The van der Waals surface area contributed by atoms with Crippen molar-refractivity contribution >= 4 is 30.2 Å². The summed E-state index contributed by atoms with van der Waals surface area (Å²) in [7, 11) is 0. The molecule has 1 unspecified atom stereocenters. The van der Waals surface area contributed by atoms with Gasteiger partial charge in [-0.15, -0.1) is 0 Å². The number of allylic oxidation sites excluding steroid dienone is 2. The fraction of sp³-hybridized carbons (Fsp3) is 0.222. The van der Waals surface area contributed by atoms with Crippen molar-refractivity contribution in [2.45, 2.75) is 6.92 Å². The van der Waals surface area contributed by atoms with Gasteiger partial charge in [-0.05, 0) is 31.0 Å². The molecule has 26 heavy (non-hydrogen) atoms. The molecule has 0 aliphatic rings. The lowest BCUT2D eigenvalue weighted by atomic mass is 10.2. The third kappa shape index (κ3) is 7.00. The third-order valence-corrected chi connectivity index (χ3v) is 3.28. The zero-order valence-electron chi connectivity index (χ0n) is 14.5. The number of anilines is 1. The van der Waals surface area contributed by atoms with Gasteiger partial charge >= 0.3 is 5.97 Å². The molecule has 1 aromatic rings.